The zero-order chi connectivity index (χ0) is 11.6. The van der Waals surface area contributed by atoms with Crippen molar-refractivity contribution in [3.8, 4) is 11.5 Å². The quantitative estimate of drug-likeness (QED) is 0.864. The molecule has 2 aromatic rings. The van der Waals surface area contributed by atoms with Crippen LogP contribution in [-0.2, 0) is 6.54 Å². The van der Waals surface area contributed by atoms with Gasteiger partial charge in [-0.3, -0.25) is 0 Å². The molecule has 0 unspecified atom stereocenters. The second-order valence-electron chi connectivity index (χ2n) is 4.70. The monoisotopic (exact) mass is 220 g/mol. The van der Waals surface area contributed by atoms with E-state index in [2.05, 4.69) is 31.1 Å². The van der Waals surface area contributed by atoms with Gasteiger partial charge in [0.05, 0.1) is 19.0 Å². The zero-order valence-corrected chi connectivity index (χ0v) is 9.78. The summed E-state index contributed by atoms with van der Waals surface area (Å²) in [6.07, 6.45) is 3.30. The van der Waals surface area contributed by atoms with Gasteiger partial charge < -0.3 is 14.2 Å². The predicted octanol–water partition coefficient (Wildman–Crippen LogP) is 2.82. The number of aromatic nitrogens is 1. The summed E-state index contributed by atoms with van der Waals surface area (Å²) in [5.41, 5.74) is 0.0549. The average Bonchev–Trinajstić information content (AvgIpc) is 2.84. The second kappa shape index (κ2) is 4.14. The van der Waals surface area contributed by atoms with Crippen LogP contribution in [0.2, 0.25) is 0 Å². The van der Waals surface area contributed by atoms with Crippen LogP contribution >= 0.6 is 0 Å². The van der Waals surface area contributed by atoms with Crippen molar-refractivity contribution in [3.63, 3.8) is 0 Å². The summed E-state index contributed by atoms with van der Waals surface area (Å²) in [7, 11) is 0. The van der Waals surface area contributed by atoms with Gasteiger partial charge in [-0.2, -0.15) is 0 Å². The maximum Gasteiger partial charge on any atom is 0.209 e. The first-order valence-electron chi connectivity index (χ1n) is 5.28. The summed E-state index contributed by atoms with van der Waals surface area (Å²) >= 11 is 0. The number of furan rings is 1. The Kier molecular flexibility index (Phi) is 2.83. The summed E-state index contributed by atoms with van der Waals surface area (Å²) < 4.78 is 10.8. The van der Waals surface area contributed by atoms with Crippen molar-refractivity contribution in [1.82, 2.24) is 10.3 Å². The smallest absolute Gasteiger partial charge is 0.209 e. The molecule has 0 amide bonds. The predicted molar refractivity (Wildman–Crippen MR) is 60.8 cm³/mol. The van der Waals surface area contributed by atoms with Gasteiger partial charge in [-0.05, 0) is 32.9 Å². The molecule has 0 saturated carbocycles. The van der Waals surface area contributed by atoms with E-state index in [1.165, 1.54) is 0 Å². The van der Waals surface area contributed by atoms with Crippen LogP contribution in [0.3, 0.4) is 0 Å². The molecule has 4 heteroatoms. The molecule has 16 heavy (non-hydrogen) atoms. The molecule has 2 rings (SSSR count). The third kappa shape index (κ3) is 2.73. The number of nitrogens with one attached hydrogen (secondary N) is 1. The highest BCUT2D eigenvalue weighted by atomic mass is 16.4. The first-order chi connectivity index (χ1) is 7.54. The molecule has 0 saturated heterocycles. The van der Waals surface area contributed by atoms with Gasteiger partial charge in [0.2, 0.25) is 5.89 Å². The summed E-state index contributed by atoms with van der Waals surface area (Å²) in [6.45, 7) is 6.92. The van der Waals surface area contributed by atoms with E-state index in [9.17, 15) is 0 Å². The van der Waals surface area contributed by atoms with Crippen molar-refractivity contribution in [2.75, 3.05) is 0 Å². The van der Waals surface area contributed by atoms with Crippen LogP contribution in [0.4, 0.5) is 0 Å². The van der Waals surface area contributed by atoms with Gasteiger partial charge in [0.1, 0.15) is 0 Å². The first-order valence-corrected chi connectivity index (χ1v) is 5.28. The van der Waals surface area contributed by atoms with Crippen LogP contribution in [0.15, 0.2) is 33.4 Å². The minimum atomic E-state index is 0.0549. The van der Waals surface area contributed by atoms with Crippen LogP contribution in [0.25, 0.3) is 11.5 Å². The number of rotatable bonds is 3. The molecule has 0 radical (unpaired) electrons. The lowest BCUT2D eigenvalue weighted by Crippen LogP contribution is -2.35. The fourth-order valence-electron chi connectivity index (χ4n) is 1.27. The molecule has 0 aromatic carbocycles. The molecule has 0 aliphatic heterocycles. The van der Waals surface area contributed by atoms with Crippen LogP contribution < -0.4 is 5.32 Å². The fourth-order valence-corrected chi connectivity index (χ4v) is 1.27. The van der Waals surface area contributed by atoms with Gasteiger partial charge in [-0.25, -0.2) is 4.98 Å². The maximum atomic E-state index is 5.56. The third-order valence-electron chi connectivity index (χ3n) is 2.09. The zero-order valence-electron chi connectivity index (χ0n) is 9.78. The van der Waals surface area contributed by atoms with Gasteiger partial charge in [0.25, 0.3) is 0 Å². The molecule has 4 nitrogen and oxygen atoms in total. The molecule has 0 aliphatic carbocycles. The largest absolute Gasteiger partial charge is 0.461 e. The van der Waals surface area contributed by atoms with Gasteiger partial charge >= 0.3 is 0 Å². The van der Waals surface area contributed by atoms with Crippen molar-refractivity contribution in [1.29, 1.82) is 0 Å². The molecule has 0 fully saturated rings. The molecule has 0 bridgehead atoms. The molecule has 0 aliphatic rings. The Morgan fingerprint density at radius 2 is 2.12 bits per heavy atom. The van der Waals surface area contributed by atoms with E-state index in [-0.39, 0.29) is 5.54 Å². The molecule has 1 N–H and O–H groups in total. The fraction of sp³-hybridized carbons (Fsp3) is 0.417. The normalized spacial score (nSPS) is 11.9. The van der Waals surface area contributed by atoms with E-state index in [1.807, 2.05) is 12.1 Å². The molecular weight excluding hydrogens is 204 g/mol. The van der Waals surface area contributed by atoms with Crippen LogP contribution in [0.1, 0.15) is 26.7 Å². The highest BCUT2D eigenvalue weighted by molar-refractivity contribution is 5.47. The van der Waals surface area contributed by atoms with Crippen molar-refractivity contribution in [3.05, 3.63) is 30.5 Å². The minimum absolute atomic E-state index is 0.0549. The summed E-state index contributed by atoms with van der Waals surface area (Å²) in [4.78, 5) is 4.19. The van der Waals surface area contributed by atoms with E-state index < -0.39 is 0 Å². The molecule has 2 heterocycles. The number of hydrogen-bond donors (Lipinski definition) is 1. The Labute approximate surface area is 94.7 Å². The molecule has 86 valence electrons. The molecule has 0 atom stereocenters. The van der Waals surface area contributed by atoms with Crippen molar-refractivity contribution >= 4 is 0 Å². The number of hydrogen-bond acceptors (Lipinski definition) is 4. The van der Waals surface area contributed by atoms with E-state index in [0.717, 1.165) is 0 Å². The van der Waals surface area contributed by atoms with E-state index in [1.54, 1.807) is 12.5 Å². The standard InChI is InChI=1S/C12H16N2O2/c1-12(2,3)14-8-11-13-7-10(16-11)9-5-4-6-15-9/h4-7,14H,8H2,1-3H3. The van der Waals surface area contributed by atoms with Gasteiger partial charge in [-0.15, -0.1) is 0 Å². The Hall–Kier alpha value is -1.55. The van der Waals surface area contributed by atoms with Crippen molar-refractivity contribution in [2.45, 2.75) is 32.9 Å². The van der Waals surface area contributed by atoms with E-state index in [4.69, 9.17) is 8.83 Å². The van der Waals surface area contributed by atoms with Crippen LogP contribution in [0.5, 0.6) is 0 Å². The molecule has 2 aromatic heterocycles. The second-order valence-corrected chi connectivity index (χ2v) is 4.70. The van der Waals surface area contributed by atoms with Gasteiger partial charge in [0, 0.05) is 5.54 Å². The summed E-state index contributed by atoms with van der Waals surface area (Å²) in [5, 5.41) is 3.31. The SMILES string of the molecule is CC(C)(C)NCc1ncc(-c2ccco2)o1. The Morgan fingerprint density at radius 1 is 1.31 bits per heavy atom. The Bertz CT molecular complexity index is 438. The number of oxazole rings is 1. The Morgan fingerprint density at radius 3 is 2.75 bits per heavy atom. The topological polar surface area (TPSA) is 51.2 Å². The van der Waals surface area contributed by atoms with E-state index in [0.29, 0.717) is 24.0 Å². The summed E-state index contributed by atoms with van der Waals surface area (Å²) in [6, 6.07) is 3.67. The lowest BCUT2D eigenvalue weighted by atomic mass is 10.1. The lowest BCUT2D eigenvalue weighted by Gasteiger charge is -2.18. The molecule has 0 spiro atoms. The lowest BCUT2D eigenvalue weighted by molar-refractivity contribution is 0.381. The molecular formula is C12H16N2O2. The van der Waals surface area contributed by atoms with Crippen LogP contribution in [0, 0.1) is 0 Å². The highest BCUT2D eigenvalue weighted by Crippen LogP contribution is 2.20. The van der Waals surface area contributed by atoms with Crippen LogP contribution in [-0.4, -0.2) is 10.5 Å². The number of nitrogens with zero attached hydrogens (tertiary/aromatic N) is 1. The van der Waals surface area contributed by atoms with Crippen molar-refractivity contribution < 1.29 is 8.83 Å². The van der Waals surface area contributed by atoms with Crippen molar-refractivity contribution in [2.24, 2.45) is 0 Å². The average molecular weight is 220 g/mol. The minimum Gasteiger partial charge on any atom is -0.461 e. The maximum absolute atomic E-state index is 5.56. The van der Waals surface area contributed by atoms with E-state index >= 15 is 0 Å². The first kappa shape index (κ1) is 11.0. The Balaban J connectivity index is 2.03. The highest BCUT2D eigenvalue weighted by Gasteiger charge is 2.12. The van der Waals surface area contributed by atoms with Gasteiger partial charge in [0.15, 0.2) is 11.5 Å². The third-order valence-corrected chi connectivity index (χ3v) is 2.09. The summed E-state index contributed by atoms with van der Waals surface area (Å²) in [5.74, 6) is 2.03. The van der Waals surface area contributed by atoms with Gasteiger partial charge in [-0.1, -0.05) is 0 Å².